The van der Waals surface area contributed by atoms with Crippen molar-refractivity contribution in [2.75, 3.05) is 6.54 Å². The Labute approximate surface area is 126 Å². The highest BCUT2D eigenvalue weighted by molar-refractivity contribution is 5.81. The van der Waals surface area contributed by atoms with Gasteiger partial charge in [0.15, 0.2) is 0 Å². The Balaban J connectivity index is 2.39. The zero-order valence-corrected chi connectivity index (χ0v) is 12.9. The van der Waals surface area contributed by atoms with Crippen molar-refractivity contribution in [3.8, 4) is 0 Å². The van der Waals surface area contributed by atoms with Crippen LogP contribution in [-0.4, -0.2) is 24.4 Å². The van der Waals surface area contributed by atoms with Crippen molar-refractivity contribution in [2.24, 2.45) is 11.7 Å². The summed E-state index contributed by atoms with van der Waals surface area (Å²) in [5, 5.41) is 5.54. The van der Waals surface area contributed by atoms with Crippen LogP contribution < -0.4 is 16.4 Å². The fourth-order valence-corrected chi connectivity index (χ4v) is 1.98. The number of hydrogen-bond acceptors (Lipinski definition) is 3. The molecule has 5 nitrogen and oxygen atoms in total. The Morgan fingerprint density at radius 1 is 1.14 bits per heavy atom. The highest BCUT2D eigenvalue weighted by Crippen LogP contribution is 2.18. The molecule has 2 unspecified atom stereocenters. The molecular weight excluding hydrogens is 266 g/mol. The SMILES string of the molecule is CC(C)NC(=O)CCNC(=O)C(C)C(N)c1ccccc1. The van der Waals surface area contributed by atoms with Gasteiger partial charge in [0.1, 0.15) is 0 Å². The molecule has 21 heavy (non-hydrogen) atoms. The summed E-state index contributed by atoms with van der Waals surface area (Å²) in [6.45, 7) is 5.92. The summed E-state index contributed by atoms with van der Waals surface area (Å²) in [4.78, 5) is 23.5. The smallest absolute Gasteiger partial charge is 0.224 e. The van der Waals surface area contributed by atoms with E-state index in [1.165, 1.54) is 0 Å². The molecule has 4 N–H and O–H groups in total. The van der Waals surface area contributed by atoms with Crippen molar-refractivity contribution in [3.63, 3.8) is 0 Å². The van der Waals surface area contributed by atoms with Gasteiger partial charge in [0.2, 0.25) is 11.8 Å². The van der Waals surface area contributed by atoms with Gasteiger partial charge in [-0.05, 0) is 19.4 Å². The molecule has 0 bridgehead atoms. The van der Waals surface area contributed by atoms with E-state index in [-0.39, 0.29) is 36.2 Å². The predicted molar refractivity (Wildman–Crippen MR) is 83.4 cm³/mol. The second-order valence-electron chi connectivity index (χ2n) is 5.49. The Kier molecular flexibility index (Phi) is 6.88. The van der Waals surface area contributed by atoms with E-state index in [2.05, 4.69) is 10.6 Å². The average Bonchev–Trinajstić information content (AvgIpc) is 2.45. The summed E-state index contributed by atoms with van der Waals surface area (Å²) in [5.74, 6) is -0.547. The first-order valence-corrected chi connectivity index (χ1v) is 7.29. The van der Waals surface area contributed by atoms with Gasteiger partial charge in [-0.15, -0.1) is 0 Å². The van der Waals surface area contributed by atoms with Gasteiger partial charge in [-0.2, -0.15) is 0 Å². The van der Waals surface area contributed by atoms with E-state index >= 15 is 0 Å². The maximum Gasteiger partial charge on any atom is 0.224 e. The van der Waals surface area contributed by atoms with Crippen LogP contribution in [0.1, 0.15) is 38.8 Å². The second-order valence-corrected chi connectivity index (χ2v) is 5.49. The lowest BCUT2D eigenvalue weighted by Crippen LogP contribution is -2.38. The molecule has 0 aliphatic rings. The molecule has 0 saturated carbocycles. The number of carbonyl (C=O) groups excluding carboxylic acids is 2. The number of hydrogen-bond donors (Lipinski definition) is 3. The fourth-order valence-electron chi connectivity index (χ4n) is 1.98. The van der Waals surface area contributed by atoms with E-state index in [4.69, 9.17) is 5.73 Å². The van der Waals surface area contributed by atoms with Crippen LogP contribution in [-0.2, 0) is 9.59 Å². The molecule has 0 fully saturated rings. The monoisotopic (exact) mass is 291 g/mol. The van der Waals surface area contributed by atoms with Crippen molar-refractivity contribution in [1.29, 1.82) is 0 Å². The van der Waals surface area contributed by atoms with Gasteiger partial charge in [0, 0.05) is 25.0 Å². The summed E-state index contributed by atoms with van der Waals surface area (Å²) in [5.41, 5.74) is 7.03. The fraction of sp³-hybridized carbons (Fsp3) is 0.500. The van der Waals surface area contributed by atoms with E-state index in [1.807, 2.05) is 44.2 Å². The summed E-state index contributed by atoms with van der Waals surface area (Å²) in [7, 11) is 0. The minimum atomic E-state index is -0.351. The first kappa shape index (κ1) is 17.2. The normalized spacial score (nSPS) is 13.6. The first-order valence-electron chi connectivity index (χ1n) is 7.29. The molecule has 1 aromatic rings. The molecule has 0 aliphatic heterocycles. The number of benzene rings is 1. The zero-order chi connectivity index (χ0) is 15.8. The molecule has 0 saturated heterocycles. The zero-order valence-electron chi connectivity index (χ0n) is 12.9. The van der Waals surface area contributed by atoms with Gasteiger partial charge in [-0.25, -0.2) is 0 Å². The number of amides is 2. The van der Waals surface area contributed by atoms with Crippen molar-refractivity contribution >= 4 is 11.8 Å². The lowest BCUT2D eigenvalue weighted by atomic mass is 9.95. The van der Waals surface area contributed by atoms with E-state index in [1.54, 1.807) is 6.92 Å². The van der Waals surface area contributed by atoms with Crippen LogP contribution in [0.5, 0.6) is 0 Å². The predicted octanol–water partition coefficient (Wildman–Crippen LogP) is 1.35. The minimum Gasteiger partial charge on any atom is -0.355 e. The molecule has 0 aliphatic carbocycles. The average molecular weight is 291 g/mol. The van der Waals surface area contributed by atoms with Gasteiger partial charge in [0.25, 0.3) is 0 Å². The molecule has 1 rings (SSSR count). The number of nitrogens with one attached hydrogen (secondary N) is 2. The Morgan fingerprint density at radius 2 is 1.76 bits per heavy atom. The van der Waals surface area contributed by atoms with E-state index in [0.717, 1.165) is 5.56 Å². The standard InChI is InChI=1S/C16H25N3O2/c1-11(2)19-14(20)9-10-18-16(21)12(3)15(17)13-7-5-4-6-8-13/h4-8,11-12,15H,9-10,17H2,1-3H3,(H,18,21)(H,19,20). The molecule has 116 valence electrons. The highest BCUT2D eigenvalue weighted by atomic mass is 16.2. The Morgan fingerprint density at radius 3 is 2.33 bits per heavy atom. The van der Waals surface area contributed by atoms with Crippen molar-refractivity contribution < 1.29 is 9.59 Å². The molecule has 0 aromatic heterocycles. The maximum atomic E-state index is 12.0. The molecule has 2 amide bonds. The van der Waals surface area contributed by atoms with E-state index in [0.29, 0.717) is 6.54 Å². The Hall–Kier alpha value is -1.88. The van der Waals surface area contributed by atoms with Crippen LogP contribution in [0.25, 0.3) is 0 Å². The summed E-state index contributed by atoms with van der Waals surface area (Å²) >= 11 is 0. The van der Waals surface area contributed by atoms with Gasteiger partial charge in [-0.3, -0.25) is 9.59 Å². The summed E-state index contributed by atoms with van der Waals surface area (Å²) < 4.78 is 0. The van der Waals surface area contributed by atoms with Gasteiger partial charge < -0.3 is 16.4 Å². The van der Waals surface area contributed by atoms with Crippen LogP contribution in [0.4, 0.5) is 0 Å². The van der Waals surface area contributed by atoms with Gasteiger partial charge in [-0.1, -0.05) is 37.3 Å². The van der Waals surface area contributed by atoms with Gasteiger partial charge in [0.05, 0.1) is 5.92 Å². The lowest BCUT2D eigenvalue weighted by molar-refractivity contribution is -0.125. The molecule has 0 radical (unpaired) electrons. The van der Waals surface area contributed by atoms with Crippen LogP contribution in [0.15, 0.2) is 30.3 Å². The third-order valence-corrected chi connectivity index (χ3v) is 3.24. The molecule has 0 spiro atoms. The van der Waals surface area contributed by atoms with Crippen molar-refractivity contribution in [2.45, 2.75) is 39.3 Å². The van der Waals surface area contributed by atoms with Crippen LogP contribution >= 0.6 is 0 Å². The topological polar surface area (TPSA) is 84.2 Å². The molecule has 5 heteroatoms. The lowest BCUT2D eigenvalue weighted by Gasteiger charge is -2.19. The number of carbonyl (C=O) groups is 2. The summed E-state index contributed by atoms with van der Waals surface area (Å²) in [6, 6.07) is 9.28. The third kappa shape index (κ3) is 5.95. The van der Waals surface area contributed by atoms with Crippen molar-refractivity contribution in [3.05, 3.63) is 35.9 Å². The molecule has 1 aromatic carbocycles. The number of nitrogens with two attached hydrogens (primary N) is 1. The van der Waals surface area contributed by atoms with Crippen LogP contribution in [0, 0.1) is 5.92 Å². The minimum absolute atomic E-state index is 0.0645. The molecule has 2 atom stereocenters. The maximum absolute atomic E-state index is 12.0. The van der Waals surface area contributed by atoms with E-state index in [9.17, 15) is 9.59 Å². The molecule has 0 heterocycles. The quantitative estimate of drug-likeness (QED) is 0.709. The molecular formula is C16H25N3O2. The first-order chi connectivity index (χ1) is 9.91. The van der Waals surface area contributed by atoms with Crippen LogP contribution in [0.3, 0.4) is 0 Å². The largest absolute Gasteiger partial charge is 0.355 e. The summed E-state index contributed by atoms with van der Waals surface area (Å²) in [6.07, 6.45) is 0.275. The van der Waals surface area contributed by atoms with Gasteiger partial charge >= 0.3 is 0 Å². The number of rotatable bonds is 7. The second kappa shape index (κ2) is 8.42. The third-order valence-electron chi connectivity index (χ3n) is 3.24. The Bertz CT molecular complexity index is 460. The highest BCUT2D eigenvalue weighted by Gasteiger charge is 2.21. The van der Waals surface area contributed by atoms with Crippen LogP contribution in [0.2, 0.25) is 0 Å². The van der Waals surface area contributed by atoms with E-state index < -0.39 is 0 Å². The van der Waals surface area contributed by atoms with Crippen molar-refractivity contribution in [1.82, 2.24) is 10.6 Å².